The summed E-state index contributed by atoms with van der Waals surface area (Å²) in [6.07, 6.45) is 0.665. The SMILES string of the molecule is CCCNC(=O)CC(=O)Nc1ccc(Oc2ccccc2)cc1. The number of amides is 2. The first-order chi connectivity index (χ1) is 11.2. The third kappa shape index (κ3) is 5.82. The molecule has 0 unspecified atom stereocenters. The molecule has 2 aromatic rings. The fraction of sp³-hybridized carbons (Fsp3) is 0.222. The van der Waals surface area contributed by atoms with Gasteiger partial charge in [-0.2, -0.15) is 0 Å². The maximum atomic E-state index is 11.8. The van der Waals surface area contributed by atoms with Crippen LogP contribution in [0.1, 0.15) is 19.8 Å². The number of hydrogen-bond acceptors (Lipinski definition) is 3. The van der Waals surface area contributed by atoms with Crippen molar-refractivity contribution < 1.29 is 14.3 Å². The molecule has 5 nitrogen and oxygen atoms in total. The Balaban J connectivity index is 1.85. The maximum Gasteiger partial charge on any atom is 0.233 e. The molecule has 0 aromatic heterocycles. The molecule has 0 radical (unpaired) electrons. The molecule has 0 atom stereocenters. The minimum absolute atomic E-state index is 0.178. The van der Waals surface area contributed by atoms with Gasteiger partial charge in [0.25, 0.3) is 0 Å². The lowest BCUT2D eigenvalue weighted by molar-refractivity contribution is -0.126. The number of hydrogen-bond donors (Lipinski definition) is 2. The van der Waals surface area contributed by atoms with Gasteiger partial charge in [0.1, 0.15) is 17.9 Å². The van der Waals surface area contributed by atoms with Crippen LogP contribution in [0.5, 0.6) is 11.5 Å². The molecule has 0 aliphatic carbocycles. The number of rotatable bonds is 7. The number of benzene rings is 2. The molecule has 23 heavy (non-hydrogen) atoms. The van der Waals surface area contributed by atoms with E-state index in [-0.39, 0.29) is 18.2 Å². The first-order valence-corrected chi connectivity index (χ1v) is 7.57. The second-order valence-electron chi connectivity index (χ2n) is 5.01. The van der Waals surface area contributed by atoms with Gasteiger partial charge < -0.3 is 15.4 Å². The van der Waals surface area contributed by atoms with Gasteiger partial charge >= 0.3 is 0 Å². The predicted octanol–water partition coefficient (Wildman–Crippen LogP) is 3.33. The van der Waals surface area contributed by atoms with E-state index in [0.717, 1.165) is 12.2 Å². The fourth-order valence-corrected chi connectivity index (χ4v) is 1.91. The molecular formula is C18H20N2O3. The van der Waals surface area contributed by atoms with E-state index in [1.165, 1.54) is 0 Å². The molecule has 120 valence electrons. The highest BCUT2D eigenvalue weighted by Crippen LogP contribution is 2.22. The largest absolute Gasteiger partial charge is 0.457 e. The van der Waals surface area contributed by atoms with Crippen molar-refractivity contribution in [2.24, 2.45) is 0 Å². The quantitative estimate of drug-likeness (QED) is 0.771. The van der Waals surface area contributed by atoms with E-state index in [1.54, 1.807) is 24.3 Å². The third-order valence-corrected chi connectivity index (χ3v) is 3.01. The molecule has 0 saturated carbocycles. The Hall–Kier alpha value is -2.82. The minimum Gasteiger partial charge on any atom is -0.457 e. The van der Waals surface area contributed by atoms with E-state index in [1.807, 2.05) is 37.3 Å². The van der Waals surface area contributed by atoms with Crippen LogP contribution in [0.3, 0.4) is 0 Å². The number of para-hydroxylation sites is 1. The van der Waals surface area contributed by atoms with Crippen molar-refractivity contribution in [1.82, 2.24) is 5.32 Å². The van der Waals surface area contributed by atoms with Gasteiger partial charge in [-0.1, -0.05) is 25.1 Å². The second kappa shape index (κ2) is 8.58. The van der Waals surface area contributed by atoms with Crippen molar-refractivity contribution >= 4 is 17.5 Å². The van der Waals surface area contributed by atoms with Gasteiger partial charge in [0.2, 0.25) is 11.8 Å². The van der Waals surface area contributed by atoms with E-state index in [2.05, 4.69) is 10.6 Å². The van der Waals surface area contributed by atoms with Crippen LogP contribution in [0.25, 0.3) is 0 Å². The van der Waals surface area contributed by atoms with Crippen LogP contribution in [0.15, 0.2) is 54.6 Å². The first-order valence-electron chi connectivity index (χ1n) is 7.57. The number of carbonyl (C=O) groups excluding carboxylic acids is 2. The molecule has 0 heterocycles. The first kappa shape index (κ1) is 16.5. The molecule has 0 aliphatic rings. The highest BCUT2D eigenvalue weighted by molar-refractivity contribution is 6.03. The van der Waals surface area contributed by atoms with Crippen molar-refractivity contribution in [3.05, 3.63) is 54.6 Å². The van der Waals surface area contributed by atoms with Gasteiger partial charge in [-0.05, 0) is 42.8 Å². The normalized spacial score (nSPS) is 9.96. The smallest absolute Gasteiger partial charge is 0.233 e. The Morgan fingerprint density at radius 2 is 1.57 bits per heavy atom. The molecule has 0 saturated heterocycles. The van der Waals surface area contributed by atoms with Crippen molar-refractivity contribution in [2.45, 2.75) is 19.8 Å². The third-order valence-electron chi connectivity index (χ3n) is 3.01. The highest BCUT2D eigenvalue weighted by atomic mass is 16.5. The summed E-state index contributed by atoms with van der Waals surface area (Å²) in [6.45, 7) is 2.54. The summed E-state index contributed by atoms with van der Waals surface area (Å²) >= 11 is 0. The van der Waals surface area contributed by atoms with Gasteiger partial charge in [0.05, 0.1) is 0 Å². The van der Waals surface area contributed by atoms with Crippen LogP contribution in [0, 0.1) is 0 Å². The number of anilines is 1. The zero-order chi connectivity index (χ0) is 16.5. The Labute approximate surface area is 135 Å². The fourth-order valence-electron chi connectivity index (χ4n) is 1.91. The Morgan fingerprint density at radius 1 is 0.913 bits per heavy atom. The lowest BCUT2D eigenvalue weighted by atomic mass is 10.2. The van der Waals surface area contributed by atoms with Crippen LogP contribution in [0.4, 0.5) is 5.69 Å². The molecule has 2 aromatic carbocycles. The zero-order valence-electron chi connectivity index (χ0n) is 13.0. The molecule has 0 aliphatic heterocycles. The van der Waals surface area contributed by atoms with Crippen LogP contribution in [-0.4, -0.2) is 18.4 Å². The van der Waals surface area contributed by atoms with Gasteiger partial charge in [-0.15, -0.1) is 0 Å². The standard InChI is InChI=1S/C18H20N2O3/c1-2-12-19-17(21)13-18(22)20-14-8-10-16(11-9-14)23-15-6-4-3-5-7-15/h3-11H,2,12-13H2,1H3,(H,19,21)(H,20,22). The van der Waals surface area contributed by atoms with E-state index >= 15 is 0 Å². The van der Waals surface area contributed by atoms with Gasteiger partial charge in [0, 0.05) is 12.2 Å². The topological polar surface area (TPSA) is 67.4 Å². The molecule has 2 amide bonds. The lowest BCUT2D eigenvalue weighted by Crippen LogP contribution is -2.28. The summed E-state index contributed by atoms with van der Waals surface area (Å²) in [7, 11) is 0. The summed E-state index contributed by atoms with van der Waals surface area (Å²) in [4.78, 5) is 23.2. The van der Waals surface area contributed by atoms with Crippen LogP contribution >= 0.6 is 0 Å². The number of ether oxygens (including phenoxy) is 1. The summed E-state index contributed by atoms with van der Waals surface area (Å²) in [5, 5.41) is 5.35. The van der Waals surface area contributed by atoms with Gasteiger partial charge in [0.15, 0.2) is 0 Å². The molecule has 2 rings (SSSR count). The predicted molar refractivity (Wildman–Crippen MR) is 89.5 cm³/mol. The van der Waals surface area contributed by atoms with Gasteiger partial charge in [-0.25, -0.2) is 0 Å². The molecule has 5 heteroatoms. The number of carbonyl (C=O) groups is 2. The Morgan fingerprint density at radius 3 is 2.22 bits per heavy atom. The van der Waals surface area contributed by atoms with Crippen molar-refractivity contribution in [1.29, 1.82) is 0 Å². The monoisotopic (exact) mass is 312 g/mol. The van der Waals surface area contributed by atoms with Crippen LogP contribution < -0.4 is 15.4 Å². The highest BCUT2D eigenvalue weighted by Gasteiger charge is 2.09. The second-order valence-corrected chi connectivity index (χ2v) is 5.01. The Bertz CT molecular complexity index is 639. The Kier molecular flexibility index (Phi) is 6.17. The summed E-state index contributed by atoms with van der Waals surface area (Å²) < 4.78 is 5.67. The average Bonchev–Trinajstić information content (AvgIpc) is 2.55. The van der Waals surface area contributed by atoms with Gasteiger partial charge in [-0.3, -0.25) is 9.59 Å². The summed E-state index contributed by atoms with van der Waals surface area (Å²) in [5.41, 5.74) is 0.624. The summed E-state index contributed by atoms with van der Waals surface area (Å²) in [6, 6.07) is 16.4. The lowest BCUT2D eigenvalue weighted by Gasteiger charge is -2.08. The molecule has 0 bridgehead atoms. The van der Waals surface area contributed by atoms with Crippen molar-refractivity contribution in [2.75, 3.05) is 11.9 Å². The molecule has 2 N–H and O–H groups in total. The molecule has 0 fully saturated rings. The van der Waals surface area contributed by atoms with E-state index in [0.29, 0.717) is 18.0 Å². The van der Waals surface area contributed by atoms with E-state index in [4.69, 9.17) is 4.74 Å². The van der Waals surface area contributed by atoms with Crippen molar-refractivity contribution in [3.63, 3.8) is 0 Å². The minimum atomic E-state index is -0.338. The van der Waals surface area contributed by atoms with Crippen LogP contribution in [0.2, 0.25) is 0 Å². The molecular weight excluding hydrogens is 292 g/mol. The molecule has 0 spiro atoms. The average molecular weight is 312 g/mol. The zero-order valence-corrected chi connectivity index (χ0v) is 13.0. The van der Waals surface area contributed by atoms with E-state index in [9.17, 15) is 9.59 Å². The van der Waals surface area contributed by atoms with Crippen LogP contribution in [-0.2, 0) is 9.59 Å². The van der Waals surface area contributed by atoms with Crippen molar-refractivity contribution in [3.8, 4) is 11.5 Å². The maximum absolute atomic E-state index is 11.8. The summed E-state index contributed by atoms with van der Waals surface area (Å²) in [5.74, 6) is 0.815. The van der Waals surface area contributed by atoms with E-state index < -0.39 is 0 Å². The number of nitrogens with one attached hydrogen (secondary N) is 2.